The highest BCUT2D eigenvalue weighted by atomic mass is 79.9. The lowest BCUT2D eigenvalue weighted by atomic mass is 10.3. The van der Waals surface area contributed by atoms with Gasteiger partial charge in [-0.15, -0.1) is 0 Å². The molecule has 1 N–H and O–H groups in total. The second-order valence-corrected chi connectivity index (χ2v) is 6.22. The van der Waals surface area contributed by atoms with Crippen LogP contribution in [0, 0.1) is 0 Å². The van der Waals surface area contributed by atoms with Gasteiger partial charge >= 0.3 is 0 Å². The summed E-state index contributed by atoms with van der Waals surface area (Å²) in [5, 5.41) is 2.72. The van der Waals surface area contributed by atoms with Crippen LogP contribution in [0.1, 0.15) is 0 Å². The zero-order valence-corrected chi connectivity index (χ0v) is 12.4. The van der Waals surface area contributed by atoms with Gasteiger partial charge in [-0.3, -0.25) is 9.00 Å². The number of carbonyl (C=O) groups is 1. The predicted octanol–water partition coefficient (Wildman–Crippen LogP) is 3.20. The Labute approximate surface area is 122 Å². The maximum atomic E-state index is 11.9. The van der Waals surface area contributed by atoms with Gasteiger partial charge in [0.1, 0.15) is 5.75 Å². The van der Waals surface area contributed by atoms with Gasteiger partial charge in [-0.1, -0.05) is 34.1 Å². The summed E-state index contributed by atoms with van der Waals surface area (Å²) in [4.78, 5) is 12.4. The molecule has 0 aliphatic rings. The number of rotatable bonds is 4. The molecule has 98 valence electrons. The van der Waals surface area contributed by atoms with Gasteiger partial charge < -0.3 is 5.32 Å². The fourth-order valence-electron chi connectivity index (χ4n) is 1.50. The third-order valence-electron chi connectivity index (χ3n) is 2.40. The van der Waals surface area contributed by atoms with E-state index in [0.29, 0.717) is 10.6 Å². The van der Waals surface area contributed by atoms with E-state index in [1.54, 1.807) is 36.4 Å². The van der Waals surface area contributed by atoms with Crippen molar-refractivity contribution in [1.82, 2.24) is 0 Å². The molecule has 2 aromatic rings. The molecule has 19 heavy (non-hydrogen) atoms. The molecule has 0 fully saturated rings. The summed E-state index contributed by atoms with van der Waals surface area (Å²) in [6, 6.07) is 16.2. The zero-order valence-electron chi connectivity index (χ0n) is 10.0. The molecule has 2 rings (SSSR count). The van der Waals surface area contributed by atoms with Gasteiger partial charge in [-0.05, 0) is 36.4 Å². The number of benzene rings is 2. The van der Waals surface area contributed by atoms with Crippen LogP contribution in [0.3, 0.4) is 0 Å². The van der Waals surface area contributed by atoms with Gasteiger partial charge in [0.2, 0.25) is 5.91 Å². The minimum absolute atomic E-state index is 0.0416. The molecule has 0 aromatic heterocycles. The molecule has 2 aromatic carbocycles. The summed E-state index contributed by atoms with van der Waals surface area (Å²) in [7, 11) is -1.31. The molecule has 1 amide bonds. The lowest BCUT2D eigenvalue weighted by molar-refractivity contribution is -0.113. The third-order valence-corrected chi connectivity index (χ3v) is 4.25. The van der Waals surface area contributed by atoms with Crippen LogP contribution in [0.2, 0.25) is 0 Å². The molecule has 1 unspecified atom stereocenters. The third kappa shape index (κ3) is 4.29. The molecule has 0 radical (unpaired) electrons. The van der Waals surface area contributed by atoms with E-state index in [1.165, 1.54) is 0 Å². The van der Waals surface area contributed by atoms with Gasteiger partial charge in [0.25, 0.3) is 0 Å². The highest BCUT2D eigenvalue weighted by molar-refractivity contribution is 9.10. The predicted molar refractivity (Wildman–Crippen MR) is 80.5 cm³/mol. The Morgan fingerprint density at radius 1 is 1.05 bits per heavy atom. The van der Waals surface area contributed by atoms with Gasteiger partial charge in [0, 0.05) is 15.1 Å². The minimum Gasteiger partial charge on any atom is -0.325 e. The van der Waals surface area contributed by atoms with Crippen molar-refractivity contribution in [1.29, 1.82) is 0 Å². The lowest BCUT2D eigenvalue weighted by Gasteiger charge is -2.05. The summed E-state index contributed by atoms with van der Waals surface area (Å²) in [6.07, 6.45) is 0. The van der Waals surface area contributed by atoms with Crippen LogP contribution in [0.15, 0.2) is 64.0 Å². The smallest absolute Gasteiger partial charge is 0.237 e. The SMILES string of the molecule is O=C(CS(=O)c1ccccc1)Nc1ccc(Br)cc1. The second kappa shape index (κ2) is 6.63. The number of anilines is 1. The molecule has 0 bridgehead atoms. The van der Waals surface area contributed by atoms with E-state index in [4.69, 9.17) is 0 Å². The Morgan fingerprint density at radius 3 is 2.32 bits per heavy atom. The van der Waals surface area contributed by atoms with Crippen LogP contribution in [0.4, 0.5) is 5.69 Å². The Bertz CT molecular complexity index is 584. The first-order chi connectivity index (χ1) is 9.15. The average molecular weight is 338 g/mol. The van der Waals surface area contributed by atoms with Gasteiger partial charge in [0.15, 0.2) is 0 Å². The van der Waals surface area contributed by atoms with Gasteiger partial charge in [0.05, 0.1) is 10.8 Å². The Morgan fingerprint density at radius 2 is 1.68 bits per heavy atom. The number of carbonyl (C=O) groups excluding carboxylic acids is 1. The molecule has 0 saturated carbocycles. The number of hydrogen-bond acceptors (Lipinski definition) is 2. The van der Waals surface area contributed by atoms with E-state index >= 15 is 0 Å². The van der Waals surface area contributed by atoms with Gasteiger partial charge in [-0.2, -0.15) is 0 Å². The standard InChI is InChI=1S/C14H12BrNO2S/c15-11-6-8-12(9-7-11)16-14(17)10-19(18)13-4-2-1-3-5-13/h1-9H,10H2,(H,16,17). The molecule has 0 heterocycles. The Hall–Kier alpha value is -1.46. The Balaban J connectivity index is 1.95. The van der Waals surface area contributed by atoms with E-state index in [0.717, 1.165) is 4.47 Å². The normalized spacial score (nSPS) is 11.8. The molecule has 3 nitrogen and oxygen atoms in total. The molecular formula is C14H12BrNO2S. The van der Waals surface area contributed by atoms with E-state index in [1.807, 2.05) is 18.2 Å². The van der Waals surface area contributed by atoms with E-state index in [2.05, 4.69) is 21.2 Å². The monoisotopic (exact) mass is 337 g/mol. The van der Waals surface area contributed by atoms with Crippen LogP contribution in [0.5, 0.6) is 0 Å². The summed E-state index contributed by atoms with van der Waals surface area (Å²) in [5.74, 6) is -0.301. The largest absolute Gasteiger partial charge is 0.325 e. The molecule has 1 atom stereocenters. The van der Waals surface area contributed by atoms with Crippen LogP contribution in [-0.2, 0) is 15.6 Å². The first kappa shape index (κ1) is 14.0. The van der Waals surface area contributed by atoms with E-state index in [9.17, 15) is 9.00 Å². The fourth-order valence-corrected chi connectivity index (χ4v) is 2.71. The fraction of sp³-hybridized carbons (Fsp3) is 0.0714. The van der Waals surface area contributed by atoms with Crippen molar-refractivity contribution in [2.75, 3.05) is 11.1 Å². The van der Waals surface area contributed by atoms with Crippen molar-refractivity contribution < 1.29 is 9.00 Å². The summed E-state index contributed by atoms with van der Waals surface area (Å²) < 4.78 is 12.9. The number of hydrogen-bond donors (Lipinski definition) is 1. The number of amides is 1. The summed E-state index contributed by atoms with van der Waals surface area (Å²) >= 11 is 3.32. The minimum atomic E-state index is -1.31. The number of halogens is 1. The molecule has 0 spiro atoms. The second-order valence-electron chi connectivity index (χ2n) is 3.86. The van der Waals surface area contributed by atoms with Crippen molar-refractivity contribution >= 4 is 38.3 Å². The van der Waals surface area contributed by atoms with Crippen LogP contribution >= 0.6 is 15.9 Å². The topological polar surface area (TPSA) is 46.2 Å². The highest BCUT2D eigenvalue weighted by Gasteiger charge is 2.09. The van der Waals surface area contributed by atoms with Crippen LogP contribution in [-0.4, -0.2) is 15.9 Å². The highest BCUT2D eigenvalue weighted by Crippen LogP contribution is 2.14. The quantitative estimate of drug-likeness (QED) is 0.931. The van der Waals surface area contributed by atoms with Crippen molar-refractivity contribution in [3.63, 3.8) is 0 Å². The van der Waals surface area contributed by atoms with Crippen molar-refractivity contribution in [3.05, 3.63) is 59.1 Å². The number of nitrogens with one attached hydrogen (secondary N) is 1. The van der Waals surface area contributed by atoms with E-state index < -0.39 is 10.8 Å². The summed E-state index contributed by atoms with van der Waals surface area (Å²) in [6.45, 7) is 0. The first-order valence-corrected chi connectivity index (χ1v) is 7.75. The molecule has 0 saturated heterocycles. The Kier molecular flexibility index (Phi) is 4.87. The van der Waals surface area contributed by atoms with Crippen LogP contribution < -0.4 is 5.32 Å². The average Bonchev–Trinajstić information content (AvgIpc) is 2.42. The molecule has 0 aliphatic carbocycles. The zero-order chi connectivity index (χ0) is 13.7. The van der Waals surface area contributed by atoms with Crippen LogP contribution in [0.25, 0.3) is 0 Å². The van der Waals surface area contributed by atoms with Crippen molar-refractivity contribution in [2.45, 2.75) is 4.90 Å². The molecule has 5 heteroatoms. The van der Waals surface area contributed by atoms with Crippen molar-refractivity contribution in [3.8, 4) is 0 Å². The maximum absolute atomic E-state index is 11.9. The van der Waals surface area contributed by atoms with Crippen molar-refractivity contribution in [2.24, 2.45) is 0 Å². The molecular weight excluding hydrogens is 326 g/mol. The maximum Gasteiger partial charge on any atom is 0.237 e. The van der Waals surface area contributed by atoms with Gasteiger partial charge in [-0.25, -0.2) is 0 Å². The molecule has 0 aliphatic heterocycles. The summed E-state index contributed by atoms with van der Waals surface area (Å²) in [5.41, 5.74) is 0.693. The van der Waals surface area contributed by atoms with E-state index in [-0.39, 0.29) is 11.7 Å². The first-order valence-electron chi connectivity index (χ1n) is 5.64. The lowest BCUT2D eigenvalue weighted by Crippen LogP contribution is -2.19.